The van der Waals surface area contributed by atoms with Crippen molar-refractivity contribution in [1.29, 1.82) is 0 Å². The first-order valence-corrected chi connectivity index (χ1v) is 7.77. The first kappa shape index (κ1) is 14.5. The van der Waals surface area contributed by atoms with Crippen molar-refractivity contribution in [3.05, 3.63) is 35.4 Å². The molecule has 1 aromatic carbocycles. The molecule has 4 heteroatoms. The minimum atomic E-state index is -0.705. The van der Waals surface area contributed by atoms with E-state index in [-0.39, 0.29) is 6.10 Å². The van der Waals surface area contributed by atoms with Crippen LogP contribution in [0.2, 0.25) is 0 Å². The molecule has 1 aliphatic carbocycles. The highest BCUT2D eigenvalue weighted by molar-refractivity contribution is 5.74. The van der Waals surface area contributed by atoms with Crippen molar-refractivity contribution in [2.45, 2.75) is 56.8 Å². The van der Waals surface area contributed by atoms with Gasteiger partial charge in [-0.05, 0) is 43.2 Å². The van der Waals surface area contributed by atoms with Crippen molar-refractivity contribution < 1.29 is 14.6 Å². The van der Waals surface area contributed by atoms with Crippen LogP contribution in [0.25, 0.3) is 0 Å². The van der Waals surface area contributed by atoms with Gasteiger partial charge in [0.15, 0.2) is 0 Å². The van der Waals surface area contributed by atoms with E-state index < -0.39 is 12.0 Å². The molecule has 1 saturated carbocycles. The number of aliphatic carboxylic acids is 1. The maximum absolute atomic E-state index is 11.7. The van der Waals surface area contributed by atoms with Crippen molar-refractivity contribution >= 4 is 5.97 Å². The molecule has 1 aromatic rings. The third-order valence-corrected chi connectivity index (χ3v) is 4.97. The molecule has 4 nitrogen and oxygen atoms in total. The molecule has 3 rings (SSSR count). The second kappa shape index (κ2) is 6.16. The van der Waals surface area contributed by atoms with E-state index in [4.69, 9.17) is 4.74 Å². The van der Waals surface area contributed by atoms with Crippen molar-refractivity contribution in [3.8, 4) is 0 Å². The molecule has 1 aliphatic heterocycles. The molecule has 2 unspecified atom stereocenters. The summed E-state index contributed by atoms with van der Waals surface area (Å²) in [4.78, 5) is 13.9. The van der Waals surface area contributed by atoms with Crippen molar-refractivity contribution in [2.75, 3.05) is 7.11 Å². The number of fused-ring (bicyclic) bond motifs is 1. The number of hydrogen-bond acceptors (Lipinski definition) is 3. The zero-order chi connectivity index (χ0) is 14.8. The van der Waals surface area contributed by atoms with Gasteiger partial charge in [0.25, 0.3) is 0 Å². The first-order chi connectivity index (χ1) is 10.2. The molecule has 0 aromatic heterocycles. The van der Waals surface area contributed by atoms with Gasteiger partial charge in [-0.25, -0.2) is 0 Å². The number of methoxy groups -OCH3 is 1. The van der Waals surface area contributed by atoms with Crippen LogP contribution in [-0.2, 0) is 22.5 Å². The Hall–Kier alpha value is -1.39. The predicted molar refractivity (Wildman–Crippen MR) is 80.2 cm³/mol. The van der Waals surface area contributed by atoms with Gasteiger partial charge in [0.1, 0.15) is 6.04 Å². The van der Waals surface area contributed by atoms with Crippen LogP contribution < -0.4 is 0 Å². The fourth-order valence-electron chi connectivity index (χ4n) is 3.79. The van der Waals surface area contributed by atoms with Gasteiger partial charge in [-0.3, -0.25) is 9.69 Å². The van der Waals surface area contributed by atoms with Gasteiger partial charge in [0.2, 0.25) is 0 Å². The highest BCUT2D eigenvalue weighted by Gasteiger charge is 2.37. The Morgan fingerprint density at radius 2 is 2.05 bits per heavy atom. The quantitative estimate of drug-likeness (QED) is 0.928. The summed E-state index contributed by atoms with van der Waals surface area (Å²) in [7, 11) is 1.76. The largest absolute Gasteiger partial charge is 0.480 e. The Bertz CT molecular complexity index is 517. The Morgan fingerprint density at radius 1 is 1.29 bits per heavy atom. The third-order valence-electron chi connectivity index (χ3n) is 4.97. The molecule has 0 radical (unpaired) electrons. The van der Waals surface area contributed by atoms with Crippen LogP contribution in [0.15, 0.2) is 24.3 Å². The van der Waals surface area contributed by atoms with E-state index in [2.05, 4.69) is 17.0 Å². The van der Waals surface area contributed by atoms with Crippen LogP contribution in [0.4, 0.5) is 0 Å². The summed E-state index contributed by atoms with van der Waals surface area (Å²) in [6, 6.07) is 8.13. The van der Waals surface area contributed by atoms with E-state index in [0.717, 1.165) is 32.2 Å². The van der Waals surface area contributed by atoms with E-state index in [1.807, 2.05) is 12.1 Å². The van der Waals surface area contributed by atoms with Gasteiger partial charge >= 0.3 is 5.97 Å². The summed E-state index contributed by atoms with van der Waals surface area (Å²) < 4.78 is 5.50. The Morgan fingerprint density at radius 3 is 2.76 bits per heavy atom. The smallest absolute Gasteiger partial charge is 0.321 e. The molecule has 0 bridgehead atoms. The molecule has 1 N–H and O–H groups in total. The third kappa shape index (κ3) is 2.97. The lowest BCUT2D eigenvalue weighted by atomic mass is 9.86. The fraction of sp³-hybridized carbons (Fsp3) is 0.588. The van der Waals surface area contributed by atoms with Crippen LogP contribution in [0.1, 0.15) is 36.8 Å². The normalized spacial score (nSPS) is 29.9. The lowest BCUT2D eigenvalue weighted by Gasteiger charge is -2.43. The van der Waals surface area contributed by atoms with Gasteiger partial charge in [-0.15, -0.1) is 0 Å². The summed E-state index contributed by atoms with van der Waals surface area (Å²) in [5.74, 6) is -0.705. The summed E-state index contributed by atoms with van der Waals surface area (Å²) >= 11 is 0. The summed E-state index contributed by atoms with van der Waals surface area (Å²) in [6.07, 6.45) is 5.12. The Kier molecular flexibility index (Phi) is 4.27. The number of carbonyl (C=O) groups is 1. The second-order valence-electron chi connectivity index (χ2n) is 6.18. The predicted octanol–water partition coefficient (Wildman–Crippen LogP) is 2.46. The molecule has 1 heterocycles. The first-order valence-electron chi connectivity index (χ1n) is 7.77. The molecule has 0 amide bonds. The van der Waals surface area contributed by atoms with Crippen LogP contribution in [-0.4, -0.2) is 41.3 Å². The van der Waals surface area contributed by atoms with Crippen LogP contribution >= 0.6 is 0 Å². The van der Waals surface area contributed by atoms with Crippen LogP contribution in [0, 0.1) is 0 Å². The average molecular weight is 289 g/mol. The fourth-order valence-corrected chi connectivity index (χ4v) is 3.79. The Labute approximate surface area is 125 Å². The zero-order valence-corrected chi connectivity index (χ0v) is 12.5. The zero-order valence-electron chi connectivity index (χ0n) is 12.5. The van der Waals surface area contributed by atoms with E-state index in [0.29, 0.717) is 12.5 Å². The number of rotatable bonds is 3. The number of benzene rings is 1. The van der Waals surface area contributed by atoms with Gasteiger partial charge < -0.3 is 9.84 Å². The molecule has 2 aliphatic rings. The summed E-state index contributed by atoms with van der Waals surface area (Å²) in [5.41, 5.74) is 2.45. The number of hydrogen-bond donors (Lipinski definition) is 1. The topological polar surface area (TPSA) is 49.8 Å². The number of ether oxygens (including phenoxy) is 1. The lowest BCUT2D eigenvalue weighted by molar-refractivity contribution is -0.146. The average Bonchev–Trinajstić information content (AvgIpc) is 2.53. The number of nitrogens with zero attached hydrogens (tertiary/aromatic N) is 1. The van der Waals surface area contributed by atoms with Crippen LogP contribution in [0.3, 0.4) is 0 Å². The summed E-state index contributed by atoms with van der Waals surface area (Å²) in [5, 5.41) is 9.62. The van der Waals surface area contributed by atoms with Gasteiger partial charge in [-0.1, -0.05) is 24.3 Å². The summed E-state index contributed by atoms with van der Waals surface area (Å²) in [6.45, 7) is 0.744. The van der Waals surface area contributed by atoms with Gasteiger partial charge in [0.05, 0.1) is 6.10 Å². The monoisotopic (exact) mass is 289 g/mol. The minimum Gasteiger partial charge on any atom is -0.480 e. The number of carboxylic acids is 1. The second-order valence-corrected chi connectivity index (χ2v) is 6.18. The highest BCUT2D eigenvalue weighted by atomic mass is 16.5. The van der Waals surface area contributed by atoms with E-state index >= 15 is 0 Å². The molecule has 114 valence electrons. The maximum Gasteiger partial charge on any atom is 0.321 e. The van der Waals surface area contributed by atoms with Crippen molar-refractivity contribution in [2.24, 2.45) is 0 Å². The van der Waals surface area contributed by atoms with E-state index in [1.165, 1.54) is 11.1 Å². The molecular formula is C17H23NO3. The molecule has 21 heavy (non-hydrogen) atoms. The highest BCUT2D eigenvalue weighted by Crippen LogP contribution is 2.32. The molecule has 3 atom stereocenters. The van der Waals surface area contributed by atoms with E-state index in [1.54, 1.807) is 7.11 Å². The van der Waals surface area contributed by atoms with Crippen LogP contribution in [0.5, 0.6) is 0 Å². The molecular weight excluding hydrogens is 266 g/mol. The maximum atomic E-state index is 11.7. The van der Waals surface area contributed by atoms with Crippen molar-refractivity contribution in [1.82, 2.24) is 4.90 Å². The standard InChI is InChI=1S/C17H23NO3/c1-21-15-8-4-7-14(10-15)18-11-13-6-3-2-5-12(13)9-16(18)17(19)20/h2-3,5-6,14-16H,4,7-11H2,1H3,(H,19,20)/t14?,15?,16-/m0/s1. The van der Waals surface area contributed by atoms with Crippen molar-refractivity contribution in [3.63, 3.8) is 0 Å². The van der Waals surface area contributed by atoms with E-state index in [9.17, 15) is 9.90 Å². The molecule has 0 spiro atoms. The lowest BCUT2D eigenvalue weighted by Crippen LogP contribution is -2.52. The Balaban J connectivity index is 1.83. The van der Waals surface area contributed by atoms with Gasteiger partial charge in [-0.2, -0.15) is 0 Å². The minimum absolute atomic E-state index is 0.273. The number of carboxylic acid groups (broad SMARTS) is 1. The van der Waals surface area contributed by atoms with Gasteiger partial charge in [0, 0.05) is 19.7 Å². The SMILES string of the molecule is COC1CCCC(N2Cc3ccccc3C[C@H]2C(=O)O)C1. The molecule has 0 saturated heterocycles. The molecule has 1 fully saturated rings.